The van der Waals surface area contributed by atoms with Crippen LogP contribution >= 0.6 is 22.6 Å². The van der Waals surface area contributed by atoms with Gasteiger partial charge in [-0.1, -0.05) is 22.6 Å². The third kappa shape index (κ3) is 3.61. The minimum atomic E-state index is -3.23. The highest BCUT2D eigenvalue weighted by Gasteiger charge is 2.06. The largest absolute Gasteiger partial charge is 0.461 e. The Kier molecular flexibility index (Phi) is 4.16. The van der Waals surface area contributed by atoms with E-state index in [-0.39, 0.29) is 0 Å². The molecule has 18 heavy (non-hydrogen) atoms. The maximum Gasteiger partial charge on any atom is 0.229 e. The standard InChI is InChI=1S/C12H14INO3S/c1-18(15,16)14-10-4-5-12-9(7-10)8-11(17-12)3-2-6-13/h4-5,7-8,14H,2-3,6H2,1H3. The smallest absolute Gasteiger partial charge is 0.229 e. The molecule has 98 valence electrons. The Morgan fingerprint density at radius 2 is 2.11 bits per heavy atom. The van der Waals surface area contributed by atoms with Crippen LogP contribution in [0.4, 0.5) is 5.69 Å². The first-order valence-corrected chi connectivity index (χ1v) is 8.96. The fourth-order valence-corrected chi connectivity index (χ4v) is 2.68. The zero-order chi connectivity index (χ0) is 13.2. The van der Waals surface area contributed by atoms with Crippen molar-refractivity contribution in [2.24, 2.45) is 0 Å². The van der Waals surface area contributed by atoms with Gasteiger partial charge in [-0.15, -0.1) is 0 Å². The summed E-state index contributed by atoms with van der Waals surface area (Å²) in [6.45, 7) is 0. The first kappa shape index (κ1) is 13.7. The summed E-state index contributed by atoms with van der Waals surface area (Å²) in [6.07, 6.45) is 3.12. The molecular formula is C12H14INO3S. The number of rotatable bonds is 5. The van der Waals surface area contributed by atoms with Gasteiger partial charge in [-0.2, -0.15) is 0 Å². The molecule has 2 aromatic rings. The molecule has 0 saturated heterocycles. The SMILES string of the molecule is CS(=O)(=O)Nc1ccc2oc(CCCI)cc2c1. The number of furan rings is 1. The van der Waals surface area contributed by atoms with Crippen molar-refractivity contribution in [1.82, 2.24) is 0 Å². The lowest BCUT2D eigenvalue weighted by Crippen LogP contribution is -2.09. The number of hydrogen-bond acceptors (Lipinski definition) is 3. The number of fused-ring (bicyclic) bond motifs is 1. The summed E-state index contributed by atoms with van der Waals surface area (Å²) in [5.41, 5.74) is 1.35. The summed E-state index contributed by atoms with van der Waals surface area (Å²) in [7, 11) is -3.23. The van der Waals surface area contributed by atoms with Gasteiger partial charge in [0.05, 0.1) is 6.26 Å². The number of alkyl halides is 1. The molecule has 0 unspecified atom stereocenters. The number of nitrogens with one attached hydrogen (secondary N) is 1. The van der Waals surface area contributed by atoms with Crippen molar-refractivity contribution in [3.8, 4) is 0 Å². The average molecular weight is 379 g/mol. The van der Waals surface area contributed by atoms with Gasteiger partial charge >= 0.3 is 0 Å². The zero-order valence-electron chi connectivity index (χ0n) is 9.94. The third-order valence-electron chi connectivity index (χ3n) is 2.43. The number of hydrogen-bond donors (Lipinski definition) is 1. The first-order valence-electron chi connectivity index (χ1n) is 5.54. The summed E-state index contributed by atoms with van der Waals surface area (Å²) >= 11 is 2.33. The molecule has 0 saturated carbocycles. The van der Waals surface area contributed by atoms with Crippen molar-refractivity contribution in [3.63, 3.8) is 0 Å². The van der Waals surface area contributed by atoms with Gasteiger partial charge in [-0.25, -0.2) is 8.42 Å². The molecule has 1 N–H and O–H groups in total. The van der Waals surface area contributed by atoms with Gasteiger partial charge in [-0.05, 0) is 35.1 Å². The van der Waals surface area contributed by atoms with E-state index in [2.05, 4.69) is 27.3 Å². The molecule has 1 aromatic heterocycles. The van der Waals surface area contributed by atoms with E-state index in [1.54, 1.807) is 18.2 Å². The Balaban J connectivity index is 2.28. The quantitative estimate of drug-likeness (QED) is 0.641. The predicted octanol–water partition coefficient (Wildman–Crippen LogP) is 3.17. The summed E-state index contributed by atoms with van der Waals surface area (Å²) in [4.78, 5) is 0. The van der Waals surface area contributed by atoms with Gasteiger partial charge in [0.15, 0.2) is 0 Å². The zero-order valence-corrected chi connectivity index (χ0v) is 12.9. The molecule has 0 amide bonds. The minimum Gasteiger partial charge on any atom is -0.461 e. The van der Waals surface area contributed by atoms with Crippen LogP contribution in [0, 0.1) is 0 Å². The van der Waals surface area contributed by atoms with Crippen molar-refractivity contribution in [2.45, 2.75) is 12.8 Å². The van der Waals surface area contributed by atoms with E-state index >= 15 is 0 Å². The summed E-state index contributed by atoms with van der Waals surface area (Å²) in [5.74, 6) is 0.943. The van der Waals surface area contributed by atoms with Gasteiger partial charge in [0, 0.05) is 17.5 Å². The Morgan fingerprint density at radius 3 is 2.78 bits per heavy atom. The van der Waals surface area contributed by atoms with E-state index in [1.165, 1.54) is 0 Å². The molecule has 0 fully saturated rings. The van der Waals surface area contributed by atoms with E-state index in [9.17, 15) is 8.42 Å². The molecular weight excluding hydrogens is 365 g/mol. The van der Waals surface area contributed by atoms with Gasteiger partial charge < -0.3 is 4.42 Å². The van der Waals surface area contributed by atoms with E-state index in [0.717, 1.165) is 40.3 Å². The topological polar surface area (TPSA) is 59.3 Å². The molecule has 0 aliphatic heterocycles. The lowest BCUT2D eigenvalue weighted by Gasteiger charge is -2.02. The normalized spacial score (nSPS) is 11.9. The molecule has 0 spiro atoms. The van der Waals surface area contributed by atoms with Crippen LogP contribution in [0.3, 0.4) is 0 Å². The van der Waals surface area contributed by atoms with E-state index in [1.807, 2.05) is 6.07 Å². The third-order valence-corrected chi connectivity index (χ3v) is 3.80. The molecule has 0 aliphatic rings. The maximum absolute atomic E-state index is 11.1. The van der Waals surface area contributed by atoms with Crippen molar-refractivity contribution >= 4 is 49.3 Å². The highest BCUT2D eigenvalue weighted by atomic mass is 127. The van der Waals surface area contributed by atoms with Crippen molar-refractivity contribution in [3.05, 3.63) is 30.0 Å². The molecule has 0 radical (unpaired) electrons. The fourth-order valence-electron chi connectivity index (χ4n) is 1.74. The number of sulfonamides is 1. The molecule has 4 nitrogen and oxygen atoms in total. The van der Waals surface area contributed by atoms with Crippen molar-refractivity contribution < 1.29 is 12.8 Å². The number of halogens is 1. The van der Waals surface area contributed by atoms with Crippen LogP contribution in [0.1, 0.15) is 12.2 Å². The number of benzene rings is 1. The Hall–Kier alpha value is -0.760. The molecule has 1 aromatic carbocycles. The van der Waals surface area contributed by atoms with Crippen LogP contribution in [0.25, 0.3) is 11.0 Å². The molecule has 0 aliphatic carbocycles. The lowest BCUT2D eigenvalue weighted by atomic mass is 10.2. The average Bonchev–Trinajstić information content (AvgIpc) is 2.66. The van der Waals surface area contributed by atoms with Gasteiger partial charge in [0.2, 0.25) is 10.0 Å². The van der Waals surface area contributed by atoms with E-state index in [4.69, 9.17) is 4.42 Å². The second kappa shape index (κ2) is 5.48. The Bertz CT molecular complexity index is 648. The van der Waals surface area contributed by atoms with Crippen LogP contribution in [0.15, 0.2) is 28.7 Å². The van der Waals surface area contributed by atoms with Crippen LogP contribution in [0.5, 0.6) is 0 Å². The van der Waals surface area contributed by atoms with Crippen LogP contribution < -0.4 is 4.72 Å². The summed E-state index contributed by atoms with van der Waals surface area (Å²) < 4.78 is 31.5. The minimum absolute atomic E-state index is 0.561. The van der Waals surface area contributed by atoms with E-state index < -0.39 is 10.0 Å². The first-order chi connectivity index (χ1) is 8.48. The van der Waals surface area contributed by atoms with Crippen molar-refractivity contribution in [2.75, 3.05) is 15.4 Å². The summed E-state index contributed by atoms with van der Waals surface area (Å²) in [6, 6.07) is 7.24. The van der Waals surface area contributed by atoms with Crippen LogP contribution in [0.2, 0.25) is 0 Å². The lowest BCUT2D eigenvalue weighted by molar-refractivity contribution is 0.546. The monoisotopic (exact) mass is 379 g/mol. The molecule has 2 rings (SSSR count). The van der Waals surface area contributed by atoms with Gasteiger partial charge in [0.1, 0.15) is 11.3 Å². The second-order valence-electron chi connectivity index (χ2n) is 4.13. The summed E-state index contributed by atoms with van der Waals surface area (Å²) in [5, 5.41) is 0.923. The van der Waals surface area contributed by atoms with E-state index in [0.29, 0.717) is 5.69 Å². The molecule has 0 atom stereocenters. The van der Waals surface area contributed by atoms with Crippen molar-refractivity contribution in [1.29, 1.82) is 0 Å². The van der Waals surface area contributed by atoms with Gasteiger partial charge in [0.25, 0.3) is 0 Å². The van der Waals surface area contributed by atoms with Gasteiger partial charge in [-0.3, -0.25) is 4.72 Å². The highest BCUT2D eigenvalue weighted by Crippen LogP contribution is 2.24. The second-order valence-corrected chi connectivity index (χ2v) is 6.96. The fraction of sp³-hybridized carbons (Fsp3) is 0.333. The highest BCUT2D eigenvalue weighted by molar-refractivity contribution is 14.1. The maximum atomic E-state index is 11.1. The molecule has 0 bridgehead atoms. The molecule has 6 heteroatoms. The molecule has 1 heterocycles. The van der Waals surface area contributed by atoms with Crippen LogP contribution in [-0.4, -0.2) is 19.1 Å². The Labute approximate surface area is 120 Å². The van der Waals surface area contributed by atoms with Crippen LogP contribution in [-0.2, 0) is 16.4 Å². The number of aryl methyl sites for hydroxylation is 1. The Morgan fingerprint density at radius 1 is 1.33 bits per heavy atom. The predicted molar refractivity (Wildman–Crippen MR) is 81.9 cm³/mol. The number of anilines is 1.